The van der Waals surface area contributed by atoms with Crippen molar-refractivity contribution in [1.29, 1.82) is 0 Å². The maximum absolute atomic E-state index is 12.4. The highest BCUT2D eigenvalue weighted by Crippen LogP contribution is 2.29. The Bertz CT molecular complexity index is 787. The summed E-state index contributed by atoms with van der Waals surface area (Å²) in [5, 5.41) is 0. The van der Waals surface area contributed by atoms with Gasteiger partial charge in [0.05, 0.1) is 5.69 Å². The van der Waals surface area contributed by atoms with Gasteiger partial charge in [-0.25, -0.2) is 8.42 Å². The smallest absolute Gasteiger partial charge is 0.263 e. The van der Waals surface area contributed by atoms with E-state index in [2.05, 4.69) is 9.71 Å². The quantitative estimate of drug-likeness (QED) is 0.911. The van der Waals surface area contributed by atoms with Gasteiger partial charge in [0.25, 0.3) is 10.0 Å². The van der Waals surface area contributed by atoms with Crippen molar-refractivity contribution >= 4 is 15.7 Å². The topological polar surface area (TPSA) is 79.0 Å². The molecule has 0 aliphatic carbocycles. The normalized spacial score (nSPS) is 11.6. The minimum atomic E-state index is -3.73. The third-order valence-electron chi connectivity index (χ3n) is 3.23. The van der Waals surface area contributed by atoms with Gasteiger partial charge in [0, 0.05) is 12.3 Å². The number of benzene rings is 1. The highest BCUT2D eigenvalue weighted by Gasteiger charge is 2.18. The second-order valence-electron chi connectivity index (χ2n) is 5.19. The summed E-state index contributed by atoms with van der Waals surface area (Å²) in [6.07, 6.45) is 1.19. The van der Waals surface area contributed by atoms with Crippen LogP contribution in [0.2, 0.25) is 0 Å². The number of hydrogen-bond donors (Lipinski definition) is 2. The molecule has 2 aromatic rings. The lowest BCUT2D eigenvalue weighted by molar-refractivity contribution is 0.600. The van der Waals surface area contributed by atoms with E-state index >= 15 is 0 Å². The fraction of sp³-hybridized carbons (Fsp3) is 0.267. The summed E-state index contributed by atoms with van der Waals surface area (Å²) < 4.78 is 27.4. The lowest BCUT2D eigenvalue weighted by Crippen LogP contribution is -2.17. The maximum atomic E-state index is 12.4. The molecule has 6 heteroatoms. The van der Waals surface area contributed by atoms with Crippen molar-refractivity contribution in [3.05, 3.63) is 58.0 Å². The van der Waals surface area contributed by atoms with Crippen molar-refractivity contribution < 1.29 is 8.42 Å². The largest absolute Gasteiger partial charge is 0.328 e. The first-order chi connectivity index (χ1) is 9.81. The van der Waals surface area contributed by atoms with Gasteiger partial charge in [0.2, 0.25) is 5.56 Å². The van der Waals surface area contributed by atoms with Gasteiger partial charge in [0.1, 0.15) is 4.90 Å². The predicted molar refractivity (Wildman–Crippen MR) is 83.1 cm³/mol. The number of aryl methyl sites for hydroxylation is 1. The van der Waals surface area contributed by atoms with Gasteiger partial charge in [0.15, 0.2) is 0 Å². The van der Waals surface area contributed by atoms with Crippen LogP contribution in [0.15, 0.2) is 46.2 Å². The molecule has 2 rings (SSSR count). The van der Waals surface area contributed by atoms with Crippen LogP contribution < -0.4 is 10.3 Å². The number of pyridine rings is 1. The van der Waals surface area contributed by atoms with Crippen LogP contribution >= 0.6 is 0 Å². The van der Waals surface area contributed by atoms with E-state index in [1.807, 2.05) is 39.0 Å². The van der Waals surface area contributed by atoms with Crippen LogP contribution in [0.3, 0.4) is 0 Å². The summed E-state index contributed by atoms with van der Waals surface area (Å²) in [6.45, 7) is 5.87. The SMILES string of the molecule is Cc1cccc(C(C)C)c1NS(=O)(=O)c1ccc(=O)[nH]c1. The summed E-state index contributed by atoms with van der Waals surface area (Å²) in [4.78, 5) is 13.4. The van der Waals surface area contributed by atoms with Crippen molar-refractivity contribution in [2.45, 2.75) is 31.6 Å². The van der Waals surface area contributed by atoms with Crippen LogP contribution in [-0.2, 0) is 10.0 Å². The monoisotopic (exact) mass is 306 g/mol. The summed E-state index contributed by atoms with van der Waals surface area (Å²) in [6, 6.07) is 8.14. The Labute approximate surface area is 124 Å². The van der Waals surface area contributed by atoms with Crippen molar-refractivity contribution in [1.82, 2.24) is 4.98 Å². The number of para-hydroxylation sites is 1. The fourth-order valence-corrected chi connectivity index (χ4v) is 3.19. The molecule has 0 atom stereocenters. The molecule has 112 valence electrons. The van der Waals surface area contributed by atoms with Crippen molar-refractivity contribution in [3.63, 3.8) is 0 Å². The van der Waals surface area contributed by atoms with Gasteiger partial charge in [-0.05, 0) is 30.0 Å². The Kier molecular flexibility index (Phi) is 4.18. The van der Waals surface area contributed by atoms with E-state index in [1.54, 1.807) is 0 Å². The zero-order valence-electron chi connectivity index (χ0n) is 12.2. The van der Waals surface area contributed by atoms with Crippen LogP contribution in [0, 0.1) is 6.92 Å². The van der Waals surface area contributed by atoms with Gasteiger partial charge in [-0.1, -0.05) is 32.0 Å². The molecule has 0 bridgehead atoms. The average Bonchev–Trinajstić information content (AvgIpc) is 2.41. The average molecular weight is 306 g/mol. The molecule has 1 heterocycles. The molecule has 5 nitrogen and oxygen atoms in total. The van der Waals surface area contributed by atoms with Crippen molar-refractivity contribution in [2.75, 3.05) is 4.72 Å². The van der Waals surface area contributed by atoms with Gasteiger partial charge >= 0.3 is 0 Å². The van der Waals surface area contributed by atoms with Crippen molar-refractivity contribution in [3.8, 4) is 0 Å². The predicted octanol–water partition coefficient (Wildman–Crippen LogP) is 2.61. The minimum absolute atomic E-state index is 0.0278. The second kappa shape index (κ2) is 5.73. The number of nitrogens with one attached hydrogen (secondary N) is 2. The molecule has 1 aromatic carbocycles. The molecule has 0 fully saturated rings. The maximum Gasteiger partial charge on any atom is 0.263 e. The van der Waals surface area contributed by atoms with Crippen LogP contribution in [0.4, 0.5) is 5.69 Å². The Morgan fingerprint density at radius 3 is 2.43 bits per heavy atom. The van der Waals surface area contributed by atoms with Gasteiger partial charge in [-0.15, -0.1) is 0 Å². The number of hydrogen-bond acceptors (Lipinski definition) is 3. The zero-order chi connectivity index (χ0) is 15.6. The van der Waals surface area contributed by atoms with Crippen LogP contribution in [0.5, 0.6) is 0 Å². The first-order valence-electron chi connectivity index (χ1n) is 6.62. The number of aromatic nitrogens is 1. The van der Waals surface area contributed by atoms with Crippen LogP contribution in [-0.4, -0.2) is 13.4 Å². The van der Waals surface area contributed by atoms with Crippen LogP contribution in [0.25, 0.3) is 0 Å². The summed E-state index contributed by atoms with van der Waals surface area (Å²) >= 11 is 0. The zero-order valence-corrected chi connectivity index (χ0v) is 13.0. The lowest BCUT2D eigenvalue weighted by Gasteiger charge is -2.17. The lowest BCUT2D eigenvalue weighted by atomic mass is 9.99. The Morgan fingerprint density at radius 2 is 1.86 bits per heavy atom. The van der Waals surface area contributed by atoms with Gasteiger partial charge in [-0.2, -0.15) is 0 Å². The number of H-pyrrole nitrogens is 1. The standard InChI is InChI=1S/C15H18N2O3S/c1-10(2)13-6-4-5-11(3)15(13)17-21(19,20)12-7-8-14(18)16-9-12/h4-10,17H,1-3H3,(H,16,18). The number of anilines is 1. The molecule has 0 saturated carbocycles. The van der Waals surface area contributed by atoms with E-state index in [0.29, 0.717) is 5.69 Å². The van der Waals surface area contributed by atoms with E-state index in [9.17, 15) is 13.2 Å². The molecule has 0 aliphatic heterocycles. The summed E-state index contributed by atoms with van der Waals surface area (Å²) in [7, 11) is -3.73. The molecule has 0 saturated heterocycles. The molecule has 0 radical (unpaired) electrons. The molecule has 0 spiro atoms. The fourth-order valence-electron chi connectivity index (χ4n) is 2.07. The molecule has 1 aromatic heterocycles. The van der Waals surface area contributed by atoms with Crippen LogP contribution in [0.1, 0.15) is 30.9 Å². The third kappa shape index (κ3) is 3.33. The van der Waals surface area contributed by atoms with E-state index in [-0.39, 0.29) is 16.4 Å². The highest BCUT2D eigenvalue weighted by molar-refractivity contribution is 7.92. The van der Waals surface area contributed by atoms with E-state index in [4.69, 9.17) is 0 Å². The number of sulfonamides is 1. The first kappa shape index (κ1) is 15.3. The summed E-state index contributed by atoms with van der Waals surface area (Å²) in [5.74, 6) is 0.193. The molecule has 2 N–H and O–H groups in total. The first-order valence-corrected chi connectivity index (χ1v) is 8.10. The Balaban J connectivity index is 2.46. The van der Waals surface area contributed by atoms with Gasteiger partial charge < -0.3 is 4.98 Å². The summed E-state index contributed by atoms with van der Waals surface area (Å²) in [5.41, 5.74) is 2.05. The van der Waals surface area contributed by atoms with Gasteiger partial charge in [-0.3, -0.25) is 9.52 Å². The molecule has 0 amide bonds. The second-order valence-corrected chi connectivity index (χ2v) is 6.87. The highest BCUT2D eigenvalue weighted by atomic mass is 32.2. The van der Waals surface area contributed by atoms with E-state index in [0.717, 1.165) is 11.1 Å². The molecule has 0 unspecified atom stereocenters. The minimum Gasteiger partial charge on any atom is -0.328 e. The Morgan fingerprint density at radius 1 is 1.14 bits per heavy atom. The van der Waals surface area contributed by atoms with Crippen molar-refractivity contribution in [2.24, 2.45) is 0 Å². The third-order valence-corrected chi connectivity index (χ3v) is 4.58. The molecule has 0 aliphatic rings. The Hall–Kier alpha value is -2.08. The number of rotatable bonds is 4. The molecular weight excluding hydrogens is 288 g/mol. The number of aromatic amines is 1. The van der Waals surface area contributed by atoms with E-state index in [1.165, 1.54) is 18.3 Å². The van der Waals surface area contributed by atoms with E-state index < -0.39 is 10.0 Å². The molecule has 21 heavy (non-hydrogen) atoms. The molecular formula is C15H18N2O3S.